The lowest BCUT2D eigenvalue weighted by Crippen LogP contribution is -2.38. The number of fused-ring (bicyclic) bond motifs is 1. The van der Waals surface area contributed by atoms with Gasteiger partial charge in [-0.25, -0.2) is 0 Å². The molecule has 1 aliphatic rings. The van der Waals surface area contributed by atoms with Gasteiger partial charge in [0.2, 0.25) is 5.56 Å². The minimum Gasteiger partial charge on any atom is -0.350 e. The fourth-order valence-electron chi connectivity index (χ4n) is 2.54. The normalized spacial score (nSPS) is 14.7. The first-order valence-corrected chi connectivity index (χ1v) is 7.31. The first-order valence-electron chi connectivity index (χ1n) is 7.31. The molecule has 24 heavy (non-hydrogen) atoms. The summed E-state index contributed by atoms with van der Waals surface area (Å²) in [6.07, 6.45) is 2.13. The highest BCUT2D eigenvalue weighted by Gasteiger charge is 2.28. The molecule has 1 heterocycles. The number of benzene rings is 1. The number of non-ortho nitro benzene ring substituents is 1. The Bertz CT molecular complexity index is 847. The van der Waals surface area contributed by atoms with Gasteiger partial charge in [-0.15, -0.1) is 12.4 Å². The van der Waals surface area contributed by atoms with E-state index in [0.29, 0.717) is 23.4 Å². The number of carbonyl (C=O) groups excluding carboxylic acids is 1. The van der Waals surface area contributed by atoms with Gasteiger partial charge in [-0.3, -0.25) is 19.7 Å². The van der Waals surface area contributed by atoms with Crippen molar-refractivity contribution in [3.8, 4) is 0 Å². The second kappa shape index (κ2) is 6.98. The lowest BCUT2D eigenvalue weighted by atomic mass is 10.1. The summed E-state index contributed by atoms with van der Waals surface area (Å²) >= 11 is 0. The molecule has 128 valence electrons. The molecule has 1 aromatic heterocycles. The van der Waals surface area contributed by atoms with Gasteiger partial charge in [0.1, 0.15) is 0 Å². The van der Waals surface area contributed by atoms with Crippen LogP contribution in [0.1, 0.15) is 23.2 Å². The van der Waals surface area contributed by atoms with Crippen molar-refractivity contribution in [1.82, 2.24) is 10.3 Å². The number of nitrogens with two attached hydrogens (primary N) is 1. The number of carbonyl (C=O) groups is 1. The Morgan fingerprint density at radius 2 is 2.12 bits per heavy atom. The van der Waals surface area contributed by atoms with Crippen LogP contribution in [-0.2, 0) is 0 Å². The van der Waals surface area contributed by atoms with E-state index < -0.39 is 16.4 Å². The number of rotatable bonds is 5. The summed E-state index contributed by atoms with van der Waals surface area (Å²) in [4.78, 5) is 37.0. The topological polar surface area (TPSA) is 131 Å². The van der Waals surface area contributed by atoms with Gasteiger partial charge in [-0.2, -0.15) is 0 Å². The third kappa shape index (κ3) is 3.72. The predicted octanol–water partition coefficient (Wildman–Crippen LogP) is 1.33. The van der Waals surface area contributed by atoms with Crippen molar-refractivity contribution in [2.75, 3.05) is 6.54 Å². The standard InChI is InChI=1S/C15H16N4O4.ClH/c16-12(8-1-2-8)7-17-15(21)11-6-14(20)18-13-4-3-9(19(22)23)5-10(11)13;/h3-6,8,12H,1-2,7,16H2,(H,17,21)(H,18,20);1H. The van der Waals surface area contributed by atoms with E-state index in [4.69, 9.17) is 5.73 Å². The molecule has 1 aromatic carbocycles. The van der Waals surface area contributed by atoms with Crippen molar-refractivity contribution in [1.29, 1.82) is 0 Å². The van der Waals surface area contributed by atoms with Crippen LogP contribution < -0.4 is 16.6 Å². The molecule has 9 heteroatoms. The number of nitrogens with one attached hydrogen (secondary N) is 2. The van der Waals surface area contributed by atoms with Crippen LogP contribution in [0.15, 0.2) is 29.1 Å². The number of halogens is 1. The number of aromatic nitrogens is 1. The average molecular weight is 353 g/mol. The fraction of sp³-hybridized carbons (Fsp3) is 0.333. The van der Waals surface area contributed by atoms with Crippen LogP contribution in [0.5, 0.6) is 0 Å². The van der Waals surface area contributed by atoms with Crippen LogP contribution in [0.25, 0.3) is 10.9 Å². The quantitative estimate of drug-likeness (QED) is 0.551. The zero-order chi connectivity index (χ0) is 16.6. The first-order chi connectivity index (χ1) is 11.0. The van der Waals surface area contributed by atoms with Gasteiger partial charge in [-0.1, -0.05) is 0 Å². The molecular formula is C15H17ClN4O4. The highest BCUT2D eigenvalue weighted by Crippen LogP contribution is 2.31. The number of nitrogens with zero attached hydrogens (tertiary/aromatic N) is 1. The van der Waals surface area contributed by atoms with E-state index in [-0.39, 0.29) is 29.7 Å². The van der Waals surface area contributed by atoms with E-state index in [0.717, 1.165) is 18.9 Å². The number of pyridine rings is 1. The average Bonchev–Trinajstić information content (AvgIpc) is 3.35. The molecule has 0 spiro atoms. The van der Waals surface area contributed by atoms with E-state index >= 15 is 0 Å². The zero-order valence-corrected chi connectivity index (χ0v) is 13.5. The van der Waals surface area contributed by atoms with Crippen LogP contribution in [0.2, 0.25) is 0 Å². The Kier molecular flexibility index (Phi) is 5.20. The smallest absolute Gasteiger partial charge is 0.270 e. The van der Waals surface area contributed by atoms with Crippen molar-refractivity contribution in [2.45, 2.75) is 18.9 Å². The highest BCUT2D eigenvalue weighted by atomic mass is 35.5. The van der Waals surface area contributed by atoms with Gasteiger partial charge in [0.25, 0.3) is 11.6 Å². The summed E-state index contributed by atoms with van der Waals surface area (Å²) in [5.41, 5.74) is 5.83. The number of H-pyrrole nitrogens is 1. The molecule has 1 amide bonds. The van der Waals surface area contributed by atoms with Crippen LogP contribution >= 0.6 is 12.4 Å². The van der Waals surface area contributed by atoms with Gasteiger partial charge in [0.15, 0.2) is 0 Å². The molecular weight excluding hydrogens is 336 g/mol. The molecule has 1 atom stereocenters. The Morgan fingerprint density at radius 1 is 1.42 bits per heavy atom. The summed E-state index contributed by atoms with van der Waals surface area (Å²) in [5.74, 6) is -0.0231. The van der Waals surface area contributed by atoms with Gasteiger partial charge in [0, 0.05) is 41.7 Å². The molecule has 0 radical (unpaired) electrons. The molecule has 1 aliphatic carbocycles. The minimum atomic E-state index is -0.546. The summed E-state index contributed by atoms with van der Waals surface area (Å²) in [6, 6.07) is 5.01. The Hall–Kier alpha value is -2.45. The van der Waals surface area contributed by atoms with Crippen LogP contribution in [0, 0.1) is 16.0 Å². The van der Waals surface area contributed by atoms with Crippen molar-refractivity contribution in [2.24, 2.45) is 11.7 Å². The van der Waals surface area contributed by atoms with Gasteiger partial charge < -0.3 is 16.0 Å². The first kappa shape index (κ1) is 17.9. The van der Waals surface area contributed by atoms with Gasteiger partial charge in [-0.05, 0) is 24.8 Å². The Morgan fingerprint density at radius 3 is 2.75 bits per heavy atom. The van der Waals surface area contributed by atoms with E-state index in [2.05, 4.69) is 10.3 Å². The highest BCUT2D eigenvalue weighted by molar-refractivity contribution is 6.06. The minimum absolute atomic E-state index is 0. The van der Waals surface area contributed by atoms with Gasteiger partial charge >= 0.3 is 0 Å². The second-order valence-corrected chi connectivity index (χ2v) is 5.75. The third-order valence-corrected chi connectivity index (χ3v) is 4.01. The van der Waals surface area contributed by atoms with E-state index in [1.165, 1.54) is 18.2 Å². The SMILES string of the molecule is Cl.NC(CNC(=O)c1cc(=O)[nH]c2ccc([N+](=O)[O-])cc12)C1CC1. The summed E-state index contributed by atoms with van der Waals surface area (Å²) in [5, 5.41) is 13.9. The van der Waals surface area contributed by atoms with Crippen LogP contribution in [0.4, 0.5) is 5.69 Å². The fourth-order valence-corrected chi connectivity index (χ4v) is 2.54. The summed E-state index contributed by atoms with van der Waals surface area (Å²) < 4.78 is 0. The monoisotopic (exact) mass is 352 g/mol. The molecule has 1 fully saturated rings. The number of nitro benzene ring substituents is 1. The third-order valence-electron chi connectivity index (χ3n) is 4.01. The Labute approximate surface area is 143 Å². The van der Waals surface area contributed by atoms with Crippen LogP contribution in [-0.4, -0.2) is 28.4 Å². The molecule has 2 aromatic rings. The molecule has 3 rings (SSSR count). The lowest BCUT2D eigenvalue weighted by molar-refractivity contribution is -0.384. The number of aromatic amines is 1. The molecule has 0 bridgehead atoms. The number of amides is 1. The van der Waals surface area contributed by atoms with Crippen molar-refractivity contribution >= 4 is 34.9 Å². The molecule has 1 saturated carbocycles. The lowest BCUT2D eigenvalue weighted by Gasteiger charge is -2.12. The van der Waals surface area contributed by atoms with Crippen molar-refractivity contribution in [3.63, 3.8) is 0 Å². The number of nitro groups is 1. The van der Waals surface area contributed by atoms with E-state index in [1.54, 1.807) is 0 Å². The van der Waals surface area contributed by atoms with Crippen LogP contribution in [0.3, 0.4) is 0 Å². The zero-order valence-electron chi connectivity index (χ0n) is 12.7. The molecule has 0 saturated heterocycles. The molecule has 8 nitrogen and oxygen atoms in total. The van der Waals surface area contributed by atoms with E-state index in [9.17, 15) is 19.7 Å². The summed E-state index contributed by atoms with van der Waals surface area (Å²) in [7, 11) is 0. The van der Waals surface area contributed by atoms with Crippen molar-refractivity contribution in [3.05, 3.63) is 50.3 Å². The molecule has 0 aliphatic heterocycles. The Balaban J connectivity index is 0.00000208. The largest absolute Gasteiger partial charge is 0.350 e. The maximum atomic E-state index is 12.4. The maximum absolute atomic E-state index is 12.4. The maximum Gasteiger partial charge on any atom is 0.270 e. The molecule has 4 N–H and O–H groups in total. The second-order valence-electron chi connectivity index (χ2n) is 5.75. The predicted molar refractivity (Wildman–Crippen MR) is 91.5 cm³/mol. The summed E-state index contributed by atoms with van der Waals surface area (Å²) in [6.45, 7) is 0.312. The number of hydrogen-bond acceptors (Lipinski definition) is 5. The number of hydrogen-bond donors (Lipinski definition) is 3. The van der Waals surface area contributed by atoms with Crippen molar-refractivity contribution < 1.29 is 9.72 Å². The van der Waals surface area contributed by atoms with Gasteiger partial charge in [0.05, 0.1) is 10.5 Å². The molecule has 1 unspecified atom stereocenters. The van der Waals surface area contributed by atoms with E-state index in [1.807, 2.05) is 0 Å².